The molecule has 596 valence electrons. The van der Waals surface area contributed by atoms with Crippen molar-refractivity contribution in [3.8, 4) is 0 Å². The normalized spacial score (nSPS) is 10.7. The van der Waals surface area contributed by atoms with Crippen LogP contribution in [0.15, 0.2) is 48.6 Å². The van der Waals surface area contributed by atoms with Crippen molar-refractivity contribution in [2.45, 2.75) is 428 Å². The summed E-state index contributed by atoms with van der Waals surface area (Å²) in [4.78, 5) is 45.1. The van der Waals surface area contributed by atoms with Gasteiger partial charge in [-0.1, -0.05) is 322 Å². The van der Waals surface area contributed by atoms with Crippen LogP contribution in [0.5, 0.6) is 0 Å². The first-order chi connectivity index (χ1) is 47.2. The van der Waals surface area contributed by atoms with Crippen LogP contribution in [0.4, 0.5) is 0 Å². The van der Waals surface area contributed by atoms with E-state index >= 15 is 0 Å². The quantitative estimate of drug-likeness (QED) is 0.0145. The molecule has 0 unspecified atom stereocenters. The topological polar surface area (TPSA) is 105 Å². The minimum atomic E-state index is -0.0965. The average molecular weight is 1730 g/mol. The number of esters is 4. The first kappa shape index (κ1) is 120. The second-order valence-electron chi connectivity index (χ2n) is 26.4. The van der Waals surface area contributed by atoms with Gasteiger partial charge >= 0.3 is 71.7 Å². The standard InChI is InChI=1S/4C21H40O2S.2CH4.H2S.2Sn/c4*1-2-3-4-5-6-7-8-9-10-11-12-13-14-15-16-17-18-21(22)23-19-20-24;;;;;/h4*12-13,24H,2-11,14-20H2,1H3;2*1H4;1H2;;/q;;;;;;;2*+2/p-4/b4*13-12+;;;;;. The molecular formula is C86H166O8S5Sn2. The summed E-state index contributed by atoms with van der Waals surface area (Å²) in [6.45, 7) is 10.6. The third kappa shape index (κ3) is 124. The number of allylic oxidation sites excluding steroid dienone is 8. The molecule has 4 radical (unpaired) electrons. The largest absolute Gasteiger partial charge is 2.00 e. The minimum Gasteiger partial charge on any atom is -0.789 e. The summed E-state index contributed by atoms with van der Waals surface area (Å²) in [6, 6.07) is 0. The Morgan fingerprint density at radius 3 is 0.465 bits per heavy atom. The first-order valence-corrected chi connectivity index (χ1v) is 43.1. The molecule has 15 heteroatoms. The summed E-state index contributed by atoms with van der Waals surface area (Å²) in [5.74, 6) is 1.60. The Balaban J connectivity index is -0.000000157. The van der Waals surface area contributed by atoms with Gasteiger partial charge in [-0.25, -0.2) is 0 Å². The summed E-state index contributed by atoms with van der Waals surface area (Å²) >= 11 is 19.0. The predicted octanol–water partition coefficient (Wildman–Crippen LogP) is 26.6. The number of ether oxygens (including phenoxy) is 4. The first-order valence-electron chi connectivity index (χ1n) is 40.8. The Hall–Kier alpha value is 0.187. The van der Waals surface area contributed by atoms with Gasteiger partial charge < -0.3 is 69.5 Å². The molecule has 0 rings (SSSR count). The summed E-state index contributed by atoms with van der Waals surface area (Å²) in [6.07, 6.45) is 93.2. The zero-order valence-electron chi connectivity index (χ0n) is 65.1. The smallest absolute Gasteiger partial charge is 0.789 e. The Bertz CT molecular complexity index is 1410. The summed E-state index contributed by atoms with van der Waals surface area (Å²) < 4.78 is 19.8. The van der Waals surface area contributed by atoms with Gasteiger partial charge in [0.15, 0.2) is 0 Å². The third-order valence-corrected chi connectivity index (χ3v) is 17.6. The molecule has 0 saturated carbocycles. The van der Waals surface area contributed by atoms with Crippen LogP contribution >= 0.6 is 13.5 Å². The molecule has 0 heterocycles. The summed E-state index contributed by atoms with van der Waals surface area (Å²) in [5, 5.41) is 0. The van der Waals surface area contributed by atoms with Gasteiger partial charge in [0.2, 0.25) is 0 Å². The maximum Gasteiger partial charge on any atom is 2.00 e. The molecule has 0 aliphatic heterocycles. The molecular weight excluding hydrogens is 1560 g/mol. The fourth-order valence-electron chi connectivity index (χ4n) is 11.0. The Morgan fingerprint density at radius 2 is 0.337 bits per heavy atom. The van der Waals surface area contributed by atoms with Crippen LogP contribution < -0.4 is 0 Å². The number of carbonyl (C=O) groups excluding carboxylic acids is 4. The van der Waals surface area contributed by atoms with Gasteiger partial charge in [-0.3, -0.25) is 19.2 Å². The second-order valence-corrected chi connectivity index (χ2v) is 28.1. The Morgan fingerprint density at radius 1 is 0.218 bits per heavy atom. The van der Waals surface area contributed by atoms with E-state index in [0.29, 0.717) is 75.1 Å². The van der Waals surface area contributed by atoms with E-state index in [9.17, 15) is 19.2 Å². The van der Waals surface area contributed by atoms with E-state index in [2.05, 4.69) is 76.3 Å². The predicted molar refractivity (Wildman–Crippen MR) is 464 cm³/mol. The summed E-state index contributed by atoms with van der Waals surface area (Å²) in [5.41, 5.74) is 0. The zero-order chi connectivity index (χ0) is 70.9. The summed E-state index contributed by atoms with van der Waals surface area (Å²) in [7, 11) is 0. The molecule has 0 aliphatic rings. The second kappa shape index (κ2) is 116. The van der Waals surface area contributed by atoms with Gasteiger partial charge in [0.1, 0.15) is 0 Å². The van der Waals surface area contributed by atoms with Crippen molar-refractivity contribution in [2.24, 2.45) is 0 Å². The zero-order valence-corrected chi connectivity index (χ0v) is 75.1. The maximum absolute atomic E-state index is 11.3. The van der Waals surface area contributed by atoms with E-state index in [1.54, 1.807) is 0 Å². The van der Waals surface area contributed by atoms with Gasteiger partial charge in [-0.05, 0) is 128 Å². The number of hydrogen-bond donors (Lipinski definition) is 0. The Labute approximate surface area is 693 Å². The molecule has 0 N–H and O–H groups in total. The molecule has 0 aromatic rings. The van der Waals surface area contributed by atoms with Crippen LogP contribution in [0.2, 0.25) is 0 Å². The van der Waals surface area contributed by atoms with Gasteiger partial charge in [0, 0.05) is 25.7 Å². The van der Waals surface area contributed by atoms with Crippen molar-refractivity contribution < 1.29 is 38.1 Å². The van der Waals surface area contributed by atoms with Gasteiger partial charge in [0.05, 0.1) is 26.4 Å². The molecule has 101 heavy (non-hydrogen) atoms. The van der Waals surface area contributed by atoms with E-state index < -0.39 is 0 Å². The van der Waals surface area contributed by atoms with Crippen LogP contribution in [0.3, 0.4) is 0 Å². The van der Waals surface area contributed by atoms with E-state index in [4.69, 9.17) is 69.5 Å². The molecule has 0 atom stereocenters. The third-order valence-electron chi connectivity index (χ3n) is 17.0. The number of unbranched alkanes of at least 4 members (excludes halogenated alkanes) is 48. The fourth-order valence-corrected chi connectivity index (χ4v) is 11.3. The molecule has 8 nitrogen and oxygen atoms in total. The Kier molecular flexibility index (Phi) is 137. The minimum absolute atomic E-state index is 0. The molecule has 0 aliphatic carbocycles. The van der Waals surface area contributed by atoms with Crippen molar-refractivity contribution in [3.63, 3.8) is 0 Å². The number of rotatable bonds is 72. The van der Waals surface area contributed by atoms with Crippen molar-refractivity contribution in [2.75, 3.05) is 49.4 Å². The SMILES string of the molecule is C.C.CCCCCCCCCCC/C=C/CCCCCC(=O)OCC[S-].CCCCCCCCCCC/C=C/CCCCCC(=O)OCC[S-].CCCCCCCCCCC/C=C/CCCCCC(=O)OCC[S-].CCCCCCCCCCC/C=C/CCCCCC(=O)OCC[S-].S.[Sn+2].[Sn+2]. The molecule has 0 fully saturated rings. The molecule has 0 aromatic heterocycles. The van der Waals surface area contributed by atoms with Crippen molar-refractivity contribution >= 4 is 136 Å². The number of hydrogen-bond acceptors (Lipinski definition) is 12. The van der Waals surface area contributed by atoms with Gasteiger partial charge in [-0.2, -0.15) is 13.5 Å². The van der Waals surface area contributed by atoms with Crippen molar-refractivity contribution in [1.29, 1.82) is 0 Å². The van der Waals surface area contributed by atoms with Crippen LogP contribution in [-0.2, 0) is 88.6 Å². The molecule has 0 spiro atoms. The van der Waals surface area contributed by atoms with Gasteiger partial charge in [0.25, 0.3) is 0 Å². The molecule has 0 saturated heterocycles. The fraction of sp³-hybridized carbons (Fsp3) is 0.860. The van der Waals surface area contributed by atoms with E-state index in [1.807, 2.05) is 0 Å². The molecule has 0 bridgehead atoms. The van der Waals surface area contributed by atoms with Crippen LogP contribution in [0.1, 0.15) is 428 Å². The number of carbonyl (C=O) groups is 4. The van der Waals surface area contributed by atoms with Crippen LogP contribution in [0, 0.1) is 0 Å². The van der Waals surface area contributed by atoms with Crippen LogP contribution in [-0.4, -0.2) is 121 Å². The van der Waals surface area contributed by atoms with E-state index in [0.717, 1.165) is 77.0 Å². The maximum atomic E-state index is 11.3. The van der Waals surface area contributed by atoms with Crippen LogP contribution in [0.25, 0.3) is 0 Å². The average Bonchev–Trinajstić information content (AvgIpc) is 3.82. The van der Waals surface area contributed by atoms with Crippen molar-refractivity contribution in [1.82, 2.24) is 0 Å². The van der Waals surface area contributed by atoms with E-state index in [-0.39, 0.29) is 100 Å². The molecule has 0 amide bonds. The van der Waals surface area contributed by atoms with Crippen molar-refractivity contribution in [3.05, 3.63) is 48.6 Å². The van der Waals surface area contributed by atoms with Gasteiger partial charge in [-0.15, -0.1) is 23.0 Å². The molecule has 0 aromatic carbocycles. The monoisotopic (exact) mass is 1730 g/mol. The van der Waals surface area contributed by atoms with E-state index in [1.165, 1.54) is 283 Å².